The number of hydrogen-bond acceptors (Lipinski definition) is 8. The highest BCUT2D eigenvalue weighted by molar-refractivity contribution is 5.71. The molecule has 0 radical (unpaired) electrons. The summed E-state index contributed by atoms with van der Waals surface area (Å²) in [5.74, 6) is 0.318. The summed E-state index contributed by atoms with van der Waals surface area (Å²) in [6.07, 6.45) is -1.23. The third-order valence-electron chi connectivity index (χ3n) is 7.47. The molecule has 0 atom stereocenters. The van der Waals surface area contributed by atoms with Crippen LogP contribution in [0.2, 0.25) is 0 Å². The summed E-state index contributed by atoms with van der Waals surface area (Å²) >= 11 is 0. The van der Waals surface area contributed by atoms with Gasteiger partial charge in [-0.05, 0) is 68.1 Å². The molecule has 2 fully saturated rings. The van der Waals surface area contributed by atoms with Crippen molar-refractivity contribution >= 4 is 23.2 Å². The van der Waals surface area contributed by atoms with Gasteiger partial charge < -0.3 is 24.6 Å². The zero-order chi connectivity index (χ0) is 30.6. The van der Waals surface area contributed by atoms with Crippen molar-refractivity contribution in [3.63, 3.8) is 0 Å². The summed E-state index contributed by atoms with van der Waals surface area (Å²) in [7, 11) is 0. The smallest absolute Gasteiger partial charge is 0.423 e. The highest BCUT2D eigenvalue weighted by Crippen LogP contribution is 2.38. The number of halogens is 4. The van der Waals surface area contributed by atoms with Crippen LogP contribution in [0.15, 0.2) is 60.8 Å². The summed E-state index contributed by atoms with van der Waals surface area (Å²) in [5.41, 5.74) is -1.18. The van der Waals surface area contributed by atoms with Crippen LogP contribution in [0, 0.1) is 15.9 Å². The van der Waals surface area contributed by atoms with Crippen LogP contribution in [0.3, 0.4) is 0 Å². The first-order valence-electron chi connectivity index (χ1n) is 13.8. The summed E-state index contributed by atoms with van der Waals surface area (Å²) in [6, 6.07) is 11.8. The number of alkyl halides is 3. The van der Waals surface area contributed by atoms with E-state index >= 15 is 0 Å². The molecule has 1 amide bonds. The third kappa shape index (κ3) is 7.62. The van der Waals surface area contributed by atoms with Gasteiger partial charge in [0.2, 0.25) is 5.88 Å². The number of anilines is 2. The summed E-state index contributed by atoms with van der Waals surface area (Å²) in [6.45, 7) is 2.01. The Hall–Kier alpha value is -4.62. The Labute approximate surface area is 244 Å². The highest BCUT2D eigenvalue weighted by atomic mass is 19.4. The van der Waals surface area contributed by atoms with Crippen molar-refractivity contribution in [2.24, 2.45) is 0 Å². The topological polar surface area (TPSA) is 110 Å². The minimum atomic E-state index is -4.84. The molecule has 2 aromatic carbocycles. The molecule has 1 aliphatic carbocycles. The largest absolute Gasteiger partial charge is 0.474 e. The van der Waals surface area contributed by atoms with Gasteiger partial charge >= 0.3 is 12.3 Å². The van der Waals surface area contributed by atoms with Crippen LogP contribution in [-0.2, 0) is 6.18 Å². The van der Waals surface area contributed by atoms with E-state index < -0.39 is 34.3 Å². The number of hydrogen-bond donors (Lipinski definition) is 1. The van der Waals surface area contributed by atoms with Crippen molar-refractivity contribution in [2.45, 2.75) is 44.0 Å². The SMILES string of the molecule is O=C(Oc1ccc(F)cc1)N1CCN(c2ccnc(O[C@H]3CC[C@H](Nc4ccc([N+](=O)[O-])c(C(F)(F)F)c4)CC3)c2)CC1. The molecule has 1 aromatic heterocycles. The van der Waals surface area contributed by atoms with Crippen LogP contribution in [0.25, 0.3) is 0 Å². The lowest BCUT2D eigenvalue weighted by Gasteiger charge is -2.35. The maximum Gasteiger partial charge on any atom is 0.423 e. The standard InChI is InChI=1S/C29H29F4N5O5/c30-19-1-6-24(7-2-19)43-28(39)37-15-13-36(14-16-37)22-11-12-34-27(18-22)42-23-8-3-20(4-9-23)35-21-5-10-26(38(40)41)25(17-21)29(31,32)33/h1-2,5-7,10-12,17-18,20,23,35H,3-4,8-9,13-16H2/t20-,23-. The molecule has 3 aromatic rings. The van der Waals surface area contributed by atoms with Crippen molar-refractivity contribution in [1.82, 2.24) is 9.88 Å². The predicted molar refractivity (Wildman–Crippen MR) is 149 cm³/mol. The van der Waals surface area contributed by atoms with Gasteiger partial charge in [0.05, 0.1) is 4.92 Å². The van der Waals surface area contributed by atoms with Gasteiger partial charge in [0, 0.05) is 61.9 Å². The Morgan fingerprint density at radius 2 is 1.67 bits per heavy atom. The second-order valence-electron chi connectivity index (χ2n) is 10.4. The van der Waals surface area contributed by atoms with Gasteiger partial charge in [0.15, 0.2) is 0 Å². The first-order chi connectivity index (χ1) is 20.5. The number of nitro groups is 1. The summed E-state index contributed by atoms with van der Waals surface area (Å²) in [5, 5.41) is 14.1. The molecule has 14 heteroatoms. The Kier molecular flexibility index (Phi) is 8.83. The van der Waals surface area contributed by atoms with E-state index in [1.54, 1.807) is 11.1 Å². The van der Waals surface area contributed by atoms with Crippen molar-refractivity contribution in [3.8, 4) is 11.6 Å². The quantitative estimate of drug-likeness (QED) is 0.191. The monoisotopic (exact) mass is 603 g/mol. The number of carbonyl (C=O) groups is 1. The lowest BCUT2D eigenvalue weighted by atomic mass is 9.92. The normalized spacial score (nSPS) is 19.1. The molecule has 0 bridgehead atoms. The maximum absolute atomic E-state index is 13.3. The van der Waals surface area contributed by atoms with Crippen LogP contribution >= 0.6 is 0 Å². The maximum atomic E-state index is 13.3. The first kappa shape index (κ1) is 29.9. The number of pyridine rings is 1. The predicted octanol–water partition coefficient (Wildman–Crippen LogP) is 6.27. The van der Waals surface area contributed by atoms with Gasteiger partial charge in [-0.25, -0.2) is 14.2 Å². The molecule has 1 saturated heterocycles. The molecule has 10 nitrogen and oxygen atoms in total. The summed E-state index contributed by atoms with van der Waals surface area (Å²) < 4.78 is 64.5. The fraction of sp³-hybridized carbons (Fsp3) is 0.379. The Balaban J connectivity index is 1.10. The second-order valence-corrected chi connectivity index (χ2v) is 10.4. The number of nitro benzene ring substituents is 1. The van der Waals surface area contributed by atoms with Crippen LogP contribution < -0.4 is 19.7 Å². The van der Waals surface area contributed by atoms with E-state index in [9.17, 15) is 32.5 Å². The minimum absolute atomic E-state index is 0.104. The molecule has 228 valence electrons. The molecule has 0 unspecified atom stereocenters. The second kappa shape index (κ2) is 12.7. The van der Waals surface area contributed by atoms with E-state index in [1.165, 1.54) is 30.3 Å². The zero-order valence-corrected chi connectivity index (χ0v) is 22.9. The molecule has 1 saturated carbocycles. The van der Waals surface area contributed by atoms with Crippen LogP contribution in [0.4, 0.5) is 39.4 Å². The number of rotatable bonds is 7. The number of carbonyl (C=O) groups excluding carboxylic acids is 1. The molecule has 2 heterocycles. The molecule has 1 N–H and O–H groups in total. The van der Waals surface area contributed by atoms with E-state index in [0.29, 0.717) is 57.7 Å². The van der Waals surface area contributed by atoms with Gasteiger partial charge in [0.1, 0.15) is 23.2 Å². The fourth-order valence-electron chi connectivity index (χ4n) is 5.22. The van der Waals surface area contributed by atoms with E-state index in [-0.39, 0.29) is 23.6 Å². The third-order valence-corrected chi connectivity index (χ3v) is 7.47. The van der Waals surface area contributed by atoms with E-state index in [0.717, 1.165) is 17.8 Å². The molecule has 43 heavy (non-hydrogen) atoms. The van der Waals surface area contributed by atoms with Crippen molar-refractivity contribution in [2.75, 3.05) is 36.4 Å². The fourth-order valence-corrected chi connectivity index (χ4v) is 5.22. The van der Waals surface area contributed by atoms with Crippen LogP contribution in [0.1, 0.15) is 31.2 Å². The van der Waals surface area contributed by atoms with Gasteiger partial charge in [-0.3, -0.25) is 10.1 Å². The number of nitrogens with zero attached hydrogens (tertiary/aromatic N) is 4. The number of nitrogens with one attached hydrogen (secondary N) is 1. The molecule has 0 spiro atoms. The van der Waals surface area contributed by atoms with Gasteiger partial charge in [-0.2, -0.15) is 13.2 Å². The Morgan fingerprint density at radius 1 is 0.977 bits per heavy atom. The first-order valence-corrected chi connectivity index (χ1v) is 13.8. The van der Waals surface area contributed by atoms with E-state index in [4.69, 9.17) is 9.47 Å². The molecular weight excluding hydrogens is 574 g/mol. The lowest BCUT2D eigenvalue weighted by Crippen LogP contribution is -2.49. The molecular formula is C29H29F4N5O5. The van der Waals surface area contributed by atoms with Crippen LogP contribution in [-0.4, -0.2) is 59.2 Å². The summed E-state index contributed by atoms with van der Waals surface area (Å²) in [4.78, 5) is 30.5. The average Bonchev–Trinajstić information content (AvgIpc) is 2.99. The molecule has 5 rings (SSSR count). The van der Waals surface area contributed by atoms with Crippen molar-refractivity contribution in [1.29, 1.82) is 0 Å². The lowest BCUT2D eigenvalue weighted by molar-refractivity contribution is -0.388. The zero-order valence-electron chi connectivity index (χ0n) is 22.9. The minimum Gasteiger partial charge on any atom is -0.474 e. The van der Waals surface area contributed by atoms with Crippen LogP contribution in [0.5, 0.6) is 11.6 Å². The van der Waals surface area contributed by atoms with E-state index in [2.05, 4.69) is 15.2 Å². The molecule has 1 aliphatic heterocycles. The number of piperazine rings is 1. The van der Waals surface area contributed by atoms with E-state index in [1.807, 2.05) is 12.1 Å². The van der Waals surface area contributed by atoms with Gasteiger partial charge in [0.25, 0.3) is 5.69 Å². The number of ether oxygens (including phenoxy) is 2. The Morgan fingerprint density at radius 3 is 2.33 bits per heavy atom. The Bertz CT molecular complexity index is 1440. The highest BCUT2D eigenvalue weighted by Gasteiger charge is 2.38. The van der Waals surface area contributed by atoms with Crippen molar-refractivity contribution in [3.05, 3.63) is 82.3 Å². The van der Waals surface area contributed by atoms with Gasteiger partial charge in [-0.15, -0.1) is 0 Å². The average molecular weight is 604 g/mol. The number of aromatic nitrogens is 1. The number of benzene rings is 2. The number of amides is 1. The molecule has 2 aliphatic rings. The van der Waals surface area contributed by atoms with Crippen molar-refractivity contribution < 1.29 is 36.8 Å². The van der Waals surface area contributed by atoms with Gasteiger partial charge in [-0.1, -0.05) is 0 Å².